The zero-order chi connectivity index (χ0) is 19.2. The number of carbonyl (C=O) groups excluding carboxylic acids is 1. The molecule has 0 saturated carbocycles. The van der Waals surface area contributed by atoms with E-state index < -0.39 is 5.60 Å². The molecule has 1 N–H and O–H groups in total. The van der Waals surface area contributed by atoms with Gasteiger partial charge in [-0.2, -0.15) is 0 Å². The Morgan fingerprint density at radius 3 is 2.27 bits per heavy atom. The summed E-state index contributed by atoms with van der Waals surface area (Å²) in [6.45, 7) is 7.97. The number of amides is 1. The minimum Gasteiger partial charge on any atom is -0.372 e. The Kier molecular flexibility index (Phi) is 6.78. The number of rotatable bonds is 3. The van der Waals surface area contributed by atoms with Gasteiger partial charge in [-0.3, -0.25) is 4.79 Å². The van der Waals surface area contributed by atoms with Crippen LogP contribution in [0, 0.1) is 0 Å². The summed E-state index contributed by atoms with van der Waals surface area (Å²) in [6, 6.07) is 16.5. The molecule has 1 unspecified atom stereocenters. The normalized spacial score (nSPS) is 20.7. The molecule has 0 spiro atoms. The lowest BCUT2D eigenvalue weighted by molar-refractivity contribution is -0.142. The minimum atomic E-state index is -1.57. The van der Waals surface area contributed by atoms with Gasteiger partial charge in [-0.05, 0) is 42.7 Å². The lowest BCUT2D eigenvalue weighted by atomic mass is 9.88. The van der Waals surface area contributed by atoms with Gasteiger partial charge in [0.05, 0.1) is 0 Å². The first-order chi connectivity index (χ1) is 12.5. The molecule has 136 valence electrons. The topological polar surface area (TPSA) is 40.5 Å². The summed E-state index contributed by atoms with van der Waals surface area (Å²) in [5, 5.41) is 11.8. The van der Waals surface area contributed by atoms with Gasteiger partial charge >= 0.3 is 0 Å². The molecule has 2 aromatic rings. The monoisotopic (exact) mass is 369 g/mol. The van der Waals surface area contributed by atoms with Gasteiger partial charge in [0.1, 0.15) is 0 Å². The predicted molar refractivity (Wildman–Crippen MR) is 107 cm³/mol. The highest BCUT2D eigenvalue weighted by Gasteiger charge is 2.49. The Morgan fingerprint density at radius 1 is 1.15 bits per heavy atom. The summed E-state index contributed by atoms with van der Waals surface area (Å²) in [4.78, 5) is 14.5. The van der Waals surface area contributed by atoms with E-state index in [2.05, 4.69) is 6.58 Å². The highest BCUT2D eigenvalue weighted by atomic mass is 35.5. The SMILES string of the molecule is C/C=C1\CN(Cc2ccc(Cl)cc2)C(=O)C1(O)c1ccccc1.C=CC. The molecule has 0 bridgehead atoms. The Labute approximate surface area is 160 Å². The van der Waals surface area contributed by atoms with Gasteiger partial charge in [-0.25, -0.2) is 0 Å². The Bertz CT molecular complexity index is 784. The van der Waals surface area contributed by atoms with Gasteiger partial charge < -0.3 is 10.0 Å². The summed E-state index contributed by atoms with van der Waals surface area (Å²) in [5.74, 6) is -0.285. The molecule has 0 aliphatic carbocycles. The fraction of sp³-hybridized carbons (Fsp3) is 0.227. The molecule has 0 aromatic heterocycles. The smallest absolute Gasteiger partial charge is 0.264 e. The van der Waals surface area contributed by atoms with Crippen LogP contribution >= 0.6 is 11.6 Å². The van der Waals surface area contributed by atoms with Gasteiger partial charge in [-0.1, -0.05) is 66.2 Å². The first kappa shape index (κ1) is 20.0. The van der Waals surface area contributed by atoms with E-state index in [4.69, 9.17) is 11.6 Å². The van der Waals surface area contributed by atoms with Crippen LogP contribution in [0.3, 0.4) is 0 Å². The number of halogens is 1. The number of hydrogen-bond acceptors (Lipinski definition) is 2. The predicted octanol–water partition coefficient (Wildman–Crippen LogP) is 4.71. The van der Waals surface area contributed by atoms with Crippen molar-refractivity contribution in [2.24, 2.45) is 0 Å². The third-order valence-electron chi connectivity index (χ3n) is 4.25. The molecule has 1 aliphatic heterocycles. The second-order valence-corrected chi connectivity index (χ2v) is 6.52. The van der Waals surface area contributed by atoms with Crippen molar-refractivity contribution in [1.82, 2.24) is 4.90 Å². The van der Waals surface area contributed by atoms with E-state index in [9.17, 15) is 9.90 Å². The first-order valence-corrected chi connectivity index (χ1v) is 8.89. The molecule has 3 rings (SSSR count). The van der Waals surface area contributed by atoms with Crippen molar-refractivity contribution in [2.75, 3.05) is 6.54 Å². The summed E-state index contributed by atoms with van der Waals surface area (Å²) in [6.07, 6.45) is 3.58. The average Bonchev–Trinajstić information content (AvgIpc) is 2.90. The number of benzene rings is 2. The van der Waals surface area contributed by atoms with Crippen molar-refractivity contribution < 1.29 is 9.90 Å². The maximum absolute atomic E-state index is 12.9. The molecule has 0 radical (unpaired) electrons. The molecule has 1 amide bonds. The molecule has 1 atom stereocenters. The van der Waals surface area contributed by atoms with Gasteiger partial charge in [0.2, 0.25) is 0 Å². The third kappa shape index (κ3) is 4.06. The van der Waals surface area contributed by atoms with E-state index in [0.717, 1.165) is 5.56 Å². The first-order valence-electron chi connectivity index (χ1n) is 8.51. The van der Waals surface area contributed by atoms with Crippen LogP contribution < -0.4 is 0 Å². The van der Waals surface area contributed by atoms with E-state index in [0.29, 0.717) is 29.2 Å². The largest absolute Gasteiger partial charge is 0.372 e. The van der Waals surface area contributed by atoms with Crippen LogP contribution in [0.1, 0.15) is 25.0 Å². The van der Waals surface area contributed by atoms with E-state index >= 15 is 0 Å². The van der Waals surface area contributed by atoms with Crippen molar-refractivity contribution in [2.45, 2.75) is 26.0 Å². The lowest BCUT2D eigenvalue weighted by Crippen LogP contribution is -2.38. The van der Waals surface area contributed by atoms with Gasteiger partial charge in [0.25, 0.3) is 5.91 Å². The van der Waals surface area contributed by atoms with Crippen LogP contribution in [0.5, 0.6) is 0 Å². The Hall–Kier alpha value is -2.36. The van der Waals surface area contributed by atoms with Crippen molar-refractivity contribution in [1.29, 1.82) is 0 Å². The van der Waals surface area contributed by atoms with Gasteiger partial charge in [-0.15, -0.1) is 6.58 Å². The zero-order valence-electron chi connectivity index (χ0n) is 15.2. The number of carbonyl (C=O) groups is 1. The average molecular weight is 370 g/mol. The third-order valence-corrected chi connectivity index (χ3v) is 4.50. The molecule has 3 nitrogen and oxygen atoms in total. The number of allylic oxidation sites excluding steroid dienone is 2. The van der Waals surface area contributed by atoms with Crippen molar-refractivity contribution in [3.8, 4) is 0 Å². The summed E-state index contributed by atoms with van der Waals surface area (Å²) >= 11 is 5.90. The highest BCUT2D eigenvalue weighted by molar-refractivity contribution is 6.30. The van der Waals surface area contributed by atoms with Gasteiger partial charge in [0.15, 0.2) is 5.60 Å². The fourth-order valence-electron chi connectivity index (χ4n) is 2.98. The molecule has 1 aliphatic rings. The number of nitrogens with zero attached hydrogens (tertiary/aromatic N) is 1. The maximum atomic E-state index is 12.9. The van der Waals surface area contributed by atoms with Crippen LogP contribution in [0.4, 0.5) is 0 Å². The van der Waals surface area contributed by atoms with Crippen LogP contribution in [0.15, 0.2) is 78.9 Å². The minimum absolute atomic E-state index is 0.285. The van der Waals surface area contributed by atoms with E-state index in [1.807, 2.05) is 50.3 Å². The van der Waals surface area contributed by atoms with Crippen LogP contribution in [-0.4, -0.2) is 22.5 Å². The van der Waals surface area contributed by atoms with E-state index in [1.54, 1.807) is 35.2 Å². The van der Waals surface area contributed by atoms with Gasteiger partial charge in [0, 0.05) is 18.1 Å². The Balaban J connectivity index is 0.000000758. The van der Waals surface area contributed by atoms with E-state index in [1.165, 1.54) is 0 Å². The molecule has 1 fully saturated rings. The molecular formula is C22H24ClNO2. The second kappa shape index (κ2) is 8.84. The van der Waals surface area contributed by atoms with Crippen LogP contribution in [0.25, 0.3) is 0 Å². The lowest BCUT2D eigenvalue weighted by Gasteiger charge is -2.23. The Morgan fingerprint density at radius 2 is 1.73 bits per heavy atom. The molecule has 26 heavy (non-hydrogen) atoms. The van der Waals surface area contributed by atoms with Crippen molar-refractivity contribution >= 4 is 17.5 Å². The molecule has 4 heteroatoms. The van der Waals surface area contributed by atoms with E-state index in [-0.39, 0.29) is 5.91 Å². The number of hydrogen-bond donors (Lipinski definition) is 1. The number of aliphatic hydroxyl groups is 1. The summed E-state index contributed by atoms with van der Waals surface area (Å²) < 4.78 is 0. The summed E-state index contributed by atoms with van der Waals surface area (Å²) in [5.41, 5.74) is 0.734. The standard InChI is InChI=1S/C19H18ClNO2.C3H6/c1-2-15-13-21(12-14-8-10-17(20)11-9-14)18(22)19(15,23)16-6-4-3-5-7-16;1-3-2/h2-11,23H,12-13H2,1H3;3H,1H2,2H3/b15-2+;. The molecule has 2 aromatic carbocycles. The second-order valence-electron chi connectivity index (χ2n) is 6.09. The highest BCUT2D eigenvalue weighted by Crippen LogP contribution is 2.38. The summed E-state index contributed by atoms with van der Waals surface area (Å²) in [7, 11) is 0. The number of likely N-dealkylation sites (tertiary alicyclic amines) is 1. The quantitative estimate of drug-likeness (QED) is 0.796. The molecule has 1 saturated heterocycles. The fourth-order valence-corrected chi connectivity index (χ4v) is 3.11. The van der Waals surface area contributed by atoms with Crippen LogP contribution in [0.2, 0.25) is 5.02 Å². The zero-order valence-corrected chi connectivity index (χ0v) is 15.9. The van der Waals surface area contributed by atoms with Crippen LogP contribution in [-0.2, 0) is 16.9 Å². The van der Waals surface area contributed by atoms with Crippen molar-refractivity contribution in [3.63, 3.8) is 0 Å². The van der Waals surface area contributed by atoms with Crippen molar-refractivity contribution in [3.05, 3.63) is 95.1 Å². The maximum Gasteiger partial charge on any atom is 0.264 e. The molecule has 1 heterocycles. The molecular weight excluding hydrogens is 346 g/mol.